The number of rotatable bonds is 6. The van der Waals surface area contributed by atoms with Crippen molar-refractivity contribution < 1.29 is 28.2 Å². The Bertz CT molecular complexity index is 1290. The Morgan fingerprint density at radius 1 is 1.29 bits per heavy atom. The maximum Gasteiger partial charge on any atom is 0.405 e. The number of anilines is 3. The van der Waals surface area contributed by atoms with Crippen molar-refractivity contribution in [2.24, 2.45) is 7.05 Å². The van der Waals surface area contributed by atoms with Gasteiger partial charge in [-0.2, -0.15) is 5.26 Å². The van der Waals surface area contributed by atoms with Crippen LogP contribution in [0.1, 0.15) is 12.0 Å². The summed E-state index contributed by atoms with van der Waals surface area (Å²) >= 11 is 0. The van der Waals surface area contributed by atoms with E-state index in [9.17, 15) is 18.8 Å². The number of nitriles is 1. The van der Waals surface area contributed by atoms with Gasteiger partial charge >= 0.3 is 6.09 Å². The lowest BCUT2D eigenvalue weighted by molar-refractivity contribution is 0.0625. The van der Waals surface area contributed by atoms with E-state index in [0.29, 0.717) is 18.4 Å². The summed E-state index contributed by atoms with van der Waals surface area (Å²) in [6.45, 7) is 0.462. The molecule has 4 rings (SSSR count). The fourth-order valence-electron chi connectivity index (χ4n) is 3.85. The number of carbonyl (C=O) groups is 1. The predicted octanol–water partition coefficient (Wildman–Crippen LogP) is 2.71. The molecule has 0 aliphatic carbocycles. The van der Waals surface area contributed by atoms with Crippen LogP contribution in [0.25, 0.3) is 10.9 Å². The lowest BCUT2D eigenvalue weighted by Gasteiger charge is -2.32. The smallest absolute Gasteiger partial charge is 0.405 e. The molecule has 34 heavy (non-hydrogen) atoms. The first kappa shape index (κ1) is 23.0. The summed E-state index contributed by atoms with van der Waals surface area (Å²) in [4.78, 5) is 15.3. The molecule has 2 aromatic heterocycles. The molecule has 13 heteroatoms. The molecule has 1 saturated heterocycles. The fraction of sp³-hybridized carbons (Fsp3) is 0.333. The zero-order valence-electron chi connectivity index (χ0n) is 18.2. The maximum atomic E-state index is 14.8. The molecule has 178 valence electrons. The number of carboxylic acid groups (broad SMARTS) is 1. The van der Waals surface area contributed by atoms with Gasteiger partial charge in [0.15, 0.2) is 23.3 Å². The molecule has 1 aliphatic heterocycles. The van der Waals surface area contributed by atoms with Gasteiger partial charge < -0.3 is 30.5 Å². The second kappa shape index (κ2) is 9.36. The van der Waals surface area contributed by atoms with Crippen molar-refractivity contribution in [1.82, 2.24) is 20.1 Å². The predicted molar refractivity (Wildman–Crippen MR) is 117 cm³/mol. The number of benzene rings is 1. The number of ether oxygens (including phenoxy) is 2. The van der Waals surface area contributed by atoms with Gasteiger partial charge in [-0.15, -0.1) is 5.10 Å². The quantitative estimate of drug-likeness (QED) is 0.424. The average Bonchev–Trinajstić information content (AvgIpc) is 3.12. The van der Waals surface area contributed by atoms with Crippen molar-refractivity contribution in [1.29, 1.82) is 5.26 Å². The van der Waals surface area contributed by atoms with E-state index in [1.165, 1.54) is 17.9 Å². The molecule has 0 radical (unpaired) electrons. The number of hydrogen-bond donors (Lipinski definition) is 4. The number of methoxy groups -OCH3 is 1. The highest BCUT2D eigenvalue weighted by Gasteiger charge is 2.28. The minimum Gasteiger partial charge on any atom is -0.479 e. The van der Waals surface area contributed by atoms with E-state index in [2.05, 4.69) is 26.0 Å². The van der Waals surface area contributed by atoms with Gasteiger partial charge in [0.05, 0.1) is 36.8 Å². The van der Waals surface area contributed by atoms with Crippen molar-refractivity contribution in [3.8, 4) is 11.9 Å². The summed E-state index contributed by atoms with van der Waals surface area (Å²) in [5.41, 5.74) is 0.372. The third kappa shape index (κ3) is 4.48. The molecule has 0 spiro atoms. The number of halogens is 2. The van der Waals surface area contributed by atoms with Gasteiger partial charge in [0.2, 0.25) is 5.88 Å². The third-order valence-corrected chi connectivity index (χ3v) is 5.40. The van der Waals surface area contributed by atoms with Crippen molar-refractivity contribution in [3.05, 3.63) is 35.4 Å². The van der Waals surface area contributed by atoms with E-state index < -0.39 is 29.8 Å². The minimum absolute atomic E-state index is 0.0113. The van der Waals surface area contributed by atoms with E-state index in [4.69, 9.17) is 14.6 Å². The fourth-order valence-corrected chi connectivity index (χ4v) is 3.85. The minimum atomic E-state index is -1.24. The highest BCUT2D eigenvalue weighted by molar-refractivity contribution is 5.89. The van der Waals surface area contributed by atoms with Crippen LogP contribution in [0.4, 0.5) is 30.9 Å². The zero-order chi connectivity index (χ0) is 24.4. The van der Waals surface area contributed by atoms with E-state index >= 15 is 0 Å². The molecule has 1 aromatic carbocycles. The van der Waals surface area contributed by atoms with E-state index in [0.717, 1.165) is 6.07 Å². The SMILES string of the molecule is COc1nn(C)c2c(F)cc(Nc3nc(N[C@@H]4CCOC[C@@H]4NC(=O)O)c(F)cc3C#N)cc12. The number of nitrogens with one attached hydrogen (secondary N) is 3. The number of fused-ring (bicyclic) bond motifs is 1. The molecule has 1 amide bonds. The topological polar surface area (TPSA) is 146 Å². The standard InChI is InChI=1S/C21H21F2N7O4/c1-30-17-12(20(29-30)33-2)6-11(7-13(17)22)25-18-10(8-24)5-14(23)19(28-18)26-15-3-4-34-9-16(15)27-21(31)32/h5-7,15-16,27H,3-4,9H2,1-2H3,(H,31,32)(H2,25,26,28)/t15-,16+/m1/s1. The first-order chi connectivity index (χ1) is 16.3. The molecule has 0 unspecified atom stereocenters. The summed E-state index contributed by atoms with van der Waals surface area (Å²) in [6, 6.07) is 4.51. The number of aryl methyl sites for hydroxylation is 1. The number of aromatic nitrogens is 3. The van der Waals surface area contributed by atoms with Crippen molar-refractivity contribution in [3.63, 3.8) is 0 Å². The first-order valence-electron chi connectivity index (χ1n) is 10.2. The zero-order valence-corrected chi connectivity index (χ0v) is 18.2. The Hall–Kier alpha value is -4.18. The van der Waals surface area contributed by atoms with Crippen LogP contribution >= 0.6 is 0 Å². The van der Waals surface area contributed by atoms with E-state index in [-0.39, 0.29) is 40.9 Å². The molecule has 0 saturated carbocycles. The lowest BCUT2D eigenvalue weighted by atomic mass is 10.0. The van der Waals surface area contributed by atoms with Crippen LogP contribution in [0.2, 0.25) is 0 Å². The van der Waals surface area contributed by atoms with Crippen LogP contribution < -0.4 is 20.7 Å². The number of hydrogen-bond acceptors (Lipinski definition) is 8. The number of amides is 1. The number of pyridine rings is 1. The van der Waals surface area contributed by atoms with Gasteiger partial charge in [-0.05, 0) is 24.6 Å². The van der Waals surface area contributed by atoms with Crippen LogP contribution in [0.5, 0.6) is 5.88 Å². The summed E-state index contributed by atoms with van der Waals surface area (Å²) < 4.78 is 41.3. The maximum absolute atomic E-state index is 14.8. The molecular formula is C21H21F2N7O4. The van der Waals surface area contributed by atoms with Gasteiger partial charge in [-0.3, -0.25) is 4.68 Å². The Kier molecular flexibility index (Phi) is 6.33. The van der Waals surface area contributed by atoms with Crippen molar-refractivity contribution in [2.75, 3.05) is 31.0 Å². The lowest BCUT2D eigenvalue weighted by Crippen LogP contribution is -2.52. The Morgan fingerprint density at radius 2 is 2.09 bits per heavy atom. The van der Waals surface area contributed by atoms with E-state index in [1.54, 1.807) is 13.1 Å². The molecule has 1 fully saturated rings. The third-order valence-electron chi connectivity index (χ3n) is 5.40. The van der Waals surface area contributed by atoms with Gasteiger partial charge in [0, 0.05) is 19.3 Å². The summed E-state index contributed by atoms with van der Waals surface area (Å²) in [7, 11) is 2.99. The number of nitrogens with zero attached hydrogens (tertiary/aromatic N) is 4. The second-order valence-corrected chi connectivity index (χ2v) is 7.61. The molecule has 11 nitrogen and oxygen atoms in total. The molecular weight excluding hydrogens is 452 g/mol. The van der Waals surface area contributed by atoms with Gasteiger partial charge in [0.1, 0.15) is 11.6 Å². The average molecular weight is 473 g/mol. The highest BCUT2D eigenvalue weighted by Crippen LogP contribution is 2.32. The van der Waals surface area contributed by atoms with Crippen molar-refractivity contribution >= 4 is 34.3 Å². The Balaban J connectivity index is 1.67. The van der Waals surface area contributed by atoms with Gasteiger partial charge in [-0.1, -0.05) is 0 Å². The van der Waals surface area contributed by atoms with Crippen LogP contribution in [0.15, 0.2) is 18.2 Å². The van der Waals surface area contributed by atoms with Gasteiger partial charge in [-0.25, -0.2) is 18.6 Å². The van der Waals surface area contributed by atoms with Gasteiger partial charge in [0.25, 0.3) is 0 Å². The monoisotopic (exact) mass is 473 g/mol. The molecule has 3 aromatic rings. The van der Waals surface area contributed by atoms with Crippen LogP contribution in [-0.4, -0.2) is 58.4 Å². The summed E-state index contributed by atoms with van der Waals surface area (Å²) in [5.74, 6) is -1.36. The van der Waals surface area contributed by atoms with Crippen LogP contribution in [0.3, 0.4) is 0 Å². The summed E-state index contributed by atoms with van der Waals surface area (Å²) in [5, 5.41) is 31.1. The summed E-state index contributed by atoms with van der Waals surface area (Å²) in [6.07, 6.45) is -0.835. The van der Waals surface area contributed by atoms with Crippen LogP contribution in [-0.2, 0) is 11.8 Å². The Morgan fingerprint density at radius 3 is 2.79 bits per heavy atom. The molecule has 2 atom stereocenters. The molecule has 0 bridgehead atoms. The van der Waals surface area contributed by atoms with Crippen LogP contribution in [0, 0.1) is 23.0 Å². The van der Waals surface area contributed by atoms with Crippen molar-refractivity contribution in [2.45, 2.75) is 18.5 Å². The highest BCUT2D eigenvalue weighted by atomic mass is 19.1. The second-order valence-electron chi connectivity index (χ2n) is 7.61. The first-order valence-corrected chi connectivity index (χ1v) is 10.2. The molecule has 4 N–H and O–H groups in total. The normalized spacial score (nSPS) is 17.7. The Labute approximate surface area is 192 Å². The molecule has 3 heterocycles. The molecule has 1 aliphatic rings. The van der Waals surface area contributed by atoms with E-state index in [1.807, 2.05) is 6.07 Å². The largest absolute Gasteiger partial charge is 0.479 e.